The predicted octanol–water partition coefficient (Wildman–Crippen LogP) is 0.0954. The van der Waals surface area contributed by atoms with Gasteiger partial charge in [-0.3, -0.25) is 9.59 Å². The summed E-state index contributed by atoms with van der Waals surface area (Å²) in [5, 5.41) is 11.6. The monoisotopic (exact) mass is 287 g/mol. The number of amides is 2. The summed E-state index contributed by atoms with van der Waals surface area (Å²) in [6.45, 7) is 7.84. The molecule has 0 bridgehead atoms. The molecule has 118 valence electrons. The third-order valence-electron chi connectivity index (χ3n) is 3.48. The van der Waals surface area contributed by atoms with Crippen LogP contribution in [0.3, 0.4) is 0 Å². The smallest absolute Gasteiger partial charge is 0.242 e. The number of carbonyl (C=O) groups is 2. The minimum absolute atomic E-state index is 0.0256. The van der Waals surface area contributed by atoms with Crippen LogP contribution in [0.2, 0.25) is 0 Å². The largest absolute Gasteiger partial charge is 0.395 e. The molecule has 0 unspecified atom stereocenters. The fourth-order valence-corrected chi connectivity index (χ4v) is 2.03. The fourth-order valence-electron chi connectivity index (χ4n) is 2.03. The van der Waals surface area contributed by atoms with Crippen LogP contribution in [0.5, 0.6) is 0 Å². The predicted molar refractivity (Wildman–Crippen MR) is 79.0 cm³/mol. The number of carbonyl (C=O) groups excluding carboxylic acids is 2. The summed E-state index contributed by atoms with van der Waals surface area (Å²) in [5.74, 6) is -0.475. The molecule has 0 spiro atoms. The number of nitrogens with one attached hydrogen (secondary N) is 1. The maximum atomic E-state index is 12.1. The Morgan fingerprint density at radius 2 is 1.80 bits per heavy atom. The van der Waals surface area contributed by atoms with Gasteiger partial charge in [0.25, 0.3) is 0 Å². The molecule has 6 heteroatoms. The maximum Gasteiger partial charge on any atom is 0.242 e. The topological polar surface area (TPSA) is 95.7 Å². The number of nitrogens with zero attached hydrogens (tertiary/aromatic N) is 1. The molecule has 0 saturated carbocycles. The van der Waals surface area contributed by atoms with Crippen LogP contribution in [0.1, 0.15) is 40.5 Å². The minimum Gasteiger partial charge on any atom is -0.395 e. The first-order valence-corrected chi connectivity index (χ1v) is 7.32. The molecular weight excluding hydrogens is 258 g/mol. The van der Waals surface area contributed by atoms with Crippen molar-refractivity contribution in [2.45, 2.75) is 52.6 Å². The number of aliphatic hydroxyl groups excluding tert-OH is 1. The first-order chi connectivity index (χ1) is 9.38. The molecule has 0 aromatic heterocycles. The van der Waals surface area contributed by atoms with E-state index < -0.39 is 6.04 Å². The molecule has 0 aliphatic carbocycles. The molecule has 0 rings (SSSR count). The summed E-state index contributed by atoms with van der Waals surface area (Å²) >= 11 is 0. The normalized spacial score (nSPS) is 12.6. The van der Waals surface area contributed by atoms with Gasteiger partial charge in [-0.25, -0.2) is 0 Å². The Balaban J connectivity index is 4.50. The summed E-state index contributed by atoms with van der Waals surface area (Å²) in [4.78, 5) is 25.5. The van der Waals surface area contributed by atoms with E-state index in [0.29, 0.717) is 0 Å². The quantitative estimate of drug-likeness (QED) is 0.560. The first kappa shape index (κ1) is 18.9. The van der Waals surface area contributed by atoms with Crippen molar-refractivity contribution in [1.82, 2.24) is 10.2 Å². The molecule has 6 nitrogen and oxygen atoms in total. The highest BCUT2D eigenvalue weighted by molar-refractivity contribution is 5.87. The molecule has 0 saturated heterocycles. The number of hydrogen-bond donors (Lipinski definition) is 3. The molecule has 0 fully saturated rings. The van der Waals surface area contributed by atoms with Crippen LogP contribution in [-0.4, -0.2) is 53.6 Å². The lowest BCUT2D eigenvalue weighted by Gasteiger charge is -2.30. The zero-order valence-electron chi connectivity index (χ0n) is 13.1. The van der Waals surface area contributed by atoms with Gasteiger partial charge in [-0.2, -0.15) is 0 Å². The van der Waals surface area contributed by atoms with Crippen molar-refractivity contribution in [3.63, 3.8) is 0 Å². The van der Waals surface area contributed by atoms with Gasteiger partial charge < -0.3 is 21.1 Å². The molecule has 20 heavy (non-hydrogen) atoms. The molecule has 0 radical (unpaired) electrons. The van der Waals surface area contributed by atoms with Gasteiger partial charge in [0.05, 0.1) is 19.2 Å². The van der Waals surface area contributed by atoms with Crippen LogP contribution >= 0.6 is 0 Å². The van der Waals surface area contributed by atoms with Gasteiger partial charge in [0.2, 0.25) is 11.8 Å². The van der Waals surface area contributed by atoms with E-state index in [9.17, 15) is 9.59 Å². The van der Waals surface area contributed by atoms with E-state index in [2.05, 4.69) is 5.32 Å². The van der Waals surface area contributed by atoms with Crippen molar-refractivity contribution in [2.75, 3.05) is 19.7 Å². The number of hydrogen-bond acceptors (Lipinski definition) is 4. The van der Waals surface area contributed by atoms with Crippen LogP contribution in [0.15, 0.2) is 0 Å². The zero-order valence-corrected chi connectivity index (χ0v) is 13.1. The van der Waals surface area contributed by atoms with E-state index in [1.165, 1.54) is 0 Å². The molecule has 1 atom stereocenters. The highest BCUT2D eigenvalue weighted by Crippen LogP contribution is 2.08. The summed E-state index contributed by atoms with van der Waals surface area (Å²) in [6.07, 6.45) is 1.64. The molecule has 2 amide bonds. The highest BCUT2D eigenvalue weighted by atomic mass is 16.3. The molecular formula is C14H29N3O3. The maximum absolute atomic E-state index is 12.1. The average molecular weight is 287 g/mol. The van der Waals surface area contributed by atoms with E-state index >= 15 is 0 Å². The summed E-state index contributed by atoms with van der Waals surface area (Å²) in [5.41, 5.74) is 5.72. The summed E-state index contributed by atoms with van der Waals surface area (Å²) in [6, 6.07) is -0.521. The Morgan fingerprint density at radius 1 is 1.25 bits per heavy atom. The summed E-state index contributed by atoms with van der Waals surface area (Å²) in [7, 11) is 0. The third-order valence-corrected chi connectivity index (χ3v) is 3.48. The lowest BCUT2D eigenvalue weighted by Crippen LogP contribution is -2.50. The summed E-state index contributed by atoms with van der Waals surface area (Å²) < 4.78 is 0. The average Bonchev–Trinajstić information content (AvgIpc) is 2.43. The van der Waals surface area contributed by atoms with Crippen molar-refractivity contribution >= 4 is 11.8 Å². The zero-order chi connectivity index (χ0) is 15.7. The molecule has 0 aromatic carbocycles. The highest BCUT2D eigenvalue weighted by Gasteiger charge is 2.22. The van der Waals surface area contributed by atoms with E-state index in [1.54, 1.807) is 4.90 Å². The van der Waals surface area contributed by atoms with Gasteiger partial charge in [0.1, 0.15) is 0 Å². The van der Waals surface area contributed by atoms with Crippen molar-refractivity contribution in [3.05, 3.63) is 0 Å². The second-order valence-corrected chi connectivity index (χ2v) is 5.27. The van der Waals surface area contributed by atoms with Gasteiger partial charge in [-0.05, 0) is 18.8 Å². The van der Waals surface area contributed by atoms with Crippen molar-refractivity contribution in [2.24, 2.45) is 11.7 Å². The number of nitrogens with two attached hydrogens (primary N) is 1. The van der Waals surface area contributed by atoms with Crippen LogP contribution in [0, 0.1) is 5.92 Å². The van der Waals surface area contributed by atoms with E-state index in [-0.39, 0.29) is 43.5 Å². The number of aliphatic hydroxyl groups is 1. The minimum atomic E-state index is -0.609. The Hall–Kier alpha value is -1.14. The van der Waals surface area contributed by atoms with Gasteiger partial charge in [-0.15, -0.1) is 0 Å². The molecule has 0 aromatic rings. The van der Waals surface area contributed by atoms with Crippen LogP contribution in [0.4, 0.5) is 0 Å². The SMILES string of the molecule is CCC(CC)N(CCO)C(=O)CNC(=O)[C@@H](N)C(C)C. The molecule has 4 N–H and O–H groups in total. The number of rotatable bonds is 9. The van der Waals surface area contributed by atoms with Gasteiger partial charge >= 0.3 is 0 Å². The lowest BCUT2D eigenvalue weighted by molar-refractivity contribution is -0.135. The van der Waals surface area contributed by atoms with E-state index in [4.69, 9.17) is 10.8 Å². The molecule has 0 heterocycles. The Kier molecular flexibility index (Phi) is 9.16. The van der Waals surface area contributed by atoms with Crippen LogP contribution < -0.4 is 11.1 Å². The molecule has 0 aliphatic heterocycles. The van der Waals surface area contributed by atoms with E-state index in [1.807, 2.05) is 27.7 Å². The van der Waals surface area contributed by atoms with Gasteiger partial charge in [0.15, 0.2) is 0 Å². The van der Waals surface area contributed by atoms with E-state index in [0.717, 1.165) is 12.8 Å². The Morgan fingerprint density at radius 3 is 2.20 bits per heavy atom. The van der Waals surface area contributed by atoms with Crippen molar-refractivity contribution in [3.8, 4) is 0 Å². The fraction of sp³-hybridized carbons (Fsp3) is 0.857. The van der Waals surface area contributed by atoms with Gasteiger partial charge in [-0.1, -0.05) is 27.7 Å². The lowest BCUT2D eigenvalue weighted by atomic mass is 10.1. The van der Waals surface area contributed by atoms with Crippen LogP contribution in [0.25, 0.3) is 0 Å². The molecule has 0 aliphatic rings. The standard InChI is InChI=1S/C14H29N3O3/c1-5-11(6-2)17(7-8-18)12(19)9-16-14(20)13(15)10(3)4/h10-11,13,18H,5-9,15H2,1-4H3,(H,16,20)/t13-/m0/s1. The van der Waals surface area contributed by atoms with Gasteiger partial charge in [0, 0.05) is 12.6 Å². The van der Waals surface area contributed by atoms with Crippen molar-refractivity contribution < 1.29 is 14.7 Å². The van der Waals surface area contributed by atoms with Crippen LogP contribution in [-0.2, 0) is 9.59 Å². The second kappa shape index (κ2) is 9.72. The first-order valence-electron chi connectivity index (χ1n) is 7.32. The second-order valence-electron chi connectivity index (χ2n) is 5.27. The third kappa shape index (κ3) is 5.88. The Bertz CT molecular complexity index is 304. The van der Waals surface area contributed by atoms with Crippen molar-refractivity contribution in [1.29, 1.82) is 0 Å². The Labute approximate surface area is 121 Å².